The molecule has 166 valence electrons. The molecule has 0 bridgehead atoms. The second kappa shape index (κ2) is 8.08. The molecule has 1 aliphatic rings. The molecule has 0 saturated carbocycles. The summed E-state index contributed by atoms with van der Waals surface area (Å²) in [6.45, 7) is 0.349. The number of alkyl halides is 6. The van der Waals surface area contributed by atoms with E-state index in [0.29, 0.717) is 12.1 Å². The lowest BCUT2D eigenvalue weighted by Gasteiger charge is -2.33. The Morgan fingerprint density at radius 1 is 0.774 bits per heavy atom. The Bertz CT molecular complexity index is 966. The summed E-state index contributed by atoms with van der Waals surface area (Å²) < 4.78 is 78.6. The van der Waals surface area contributed by atoms with Crippen LogP contribution in [0.4, 0.5) is 31.1 Å². The van der Waals surface area contributed by atoms with Crippen molar-refractivity contribution in [3.63, 3.8) is 0 Å². The van der Waals surface area contributed by atoms with E-state index in [-0.39, 0.29) is 48.9 Å². The maximum absolute atomic E-state index is 13.1. The maximum atomic E-state index is 13.1. The van der Waals surface area contributed by atoms with Gasteiger partial charge in [0, 0.05) is 44.1 Å². The van der Waals surface area contributed by atoms with E-state index in [0.717, 1.165) is 23.4 Å². The van der Waals surface area contributed by atoms with E-state index in [4.69, 9.17) is 5.11 Å². The number of halogens is 6. The molecule has 1 aromatic heterocycles. The summed E-state index contributed by atoms with van der Waals surface area (Å²) in [5.74, 6) is -0.553. The molecule has 3 rings (SSSR count). The second-order valence-corrected chi connectivity index (χ2v) is 6.82. The Balaban J connectivity index is 1.93. The van der Waals surface area contributed by atoms with E-state index in [1.807, 2.05) is 0 Å². The zero-order chi connectivity index (χ0) is 23.0. The molecule has 0 radical (unpaired) electrons. The van der Waals surface area contributed by atoms with E-state index in [2.05, 4.69) is 4.98 Å². The van der Waals surface area contributed by atoms with Crippen LogP contribution in [0.3, 0.4) is 0 Å². The molecule has 2 amide bonds. The molecule has 31 heavy (non-hydrogen) atoms. The number of carbonyl (C=O) groups is 2. The molecular formula is C19H15F6N3O3. The Morgan fingerprint density at radius 2 is 1.29 bits per heavy atom. The number of carboxylic acid groups (broad SMARTS) is 1. The molecule has 0 spiro atoms. The van der Waals surface area contributed by atoms with Crippen LogP contribution < -0.4 is 0 Å². The van der Waals surface area contributed by atoms with Crippen LogP contribution in [0.1, 0.15) is 21.5 Å². The number of aromatic nitrogens is 1. The molecule has 0 aliphatic carbocycles. The first-order valence-corrected chi connectivity index (χ1v) is 8.88. The van der Waals surface area contributed by atoms with Gasteiger partial charge in [-0.2, -0.15) is 26.3 Å². The summed E-state index contributed by atoms with van der Waals surface area (Å²) in [7, 11) is 0. The lowest BCUT2D eigenvalue weighted by atomic mass is 9.99. The Hall–Kier alpha value is -3.31. The van der Waals surface area contributed by atoms with E-state index in [1.165, 1.54) is 4.90 Å². The van der Waals surface area contributed by atoms with Gasteiger partial charge in [-0.15, -0.1) is 0 Å². The monoisotopic (exact) mass is 447 g/mol. The third-order valence-corrected chi connectivity index (χ3v) is 4.74. The number of rotatable bonds is 2. The van der Waals surface area contributed by atoms with E-state index < -0.39 is 35.5 Å². The highest BCUT2D eigenvalue weighted by molar-refractivity contribution is 5.95. The molecule has 2 aromatic rings. The van der Waals surface area contributed by atoms with Gasteiger partial charge in [0.1, 0.15) is 0 Å². The predicted molar refractivity (Wildman–Crippen MR) is 95.2 cm³/mol. The first kappa shape index (κ1) is 22.4. The highest BCUT2D eigenvalue weighted by Gasteiger charge is 2.37. The highest BCUT2D eigenvalue weighted by Crippen LogP contribution is 2.38. The van der Waals surface area contributed by atoms with Gasteiger partial charge in [0.25, 0.3) is 5.91 Å². The van der Waals surface area contributed by atoms with Gasteiger partial charge in [-0.1, -0.05) is 0 Å². The van der Waals surface area contributed by atoms with Crippen molar-refractivity contribution in [1.82, 2.24) is 14.8 Å². The Kier molecular flexibility index (Phi) is 5.83. The third kappa shape index (κ3) is 5.06. The second-order valence-electron chi connectivity index (χ2n) is 6.82. The number of nitrogens with zero attached hydrogens (tertiary/aromatic N) is 3. The summed E-state index contributed by atoms with van der Waals surface area (Å²) in [6.07, 6.45) is -8.91. The molecule has 1 fully saturated rings. The highest BCUT2D eigenvalue weighted by atomic mass is 19.4. The summed E-state index contributed by atoms with van der Waals surface area (Å²) >= 11 is 0. The molecule has 1 saturated heterocycles. The fourth-order valence-corrected chi connectivity index (χ4v) is 3.12. The van der Waals surface area contributed by atoms with Crippen molar-refractivity contribution < 1.29 is 41.0 Å². The smallest absolute Gasteiger partial charge is 0.416 e. The fourth-order valence-electron chi connectivity index (χ4n) is 3.12. The normalized spacial score (nSPS) is 15.2. The lowest BCUT2D eigenvalue weighted by molar-refractivity contribution is -0.143. The molecule has 1 aromatic carbocycles. The van der Waals surface area contributed by atoms with Gasteiger partial charge in [-0.05, 0) is 29.8 Å². The predicted octanol–water partition coefficient (Wildman–Crippen LogP) is 4.22. The zero-order valence-corrected chi connectivity index (χ0v) is 15.7. The average Bonchev–Trinajstić information content (AvgIpc) is 2.72. The van der Waals surface area contributed by atoms with E-state index in [9.17, 15) is 35.9 Å². The van der Waals surface area contributed by atoms with E-state index >= 15 is 0 Å². The molecule has 6 nitrogen and oxygen atoms in total. The van der Waals surface area contributed by atoms with Gasteiger partial charge < -0.3 is 14.9 Å². The van der Waals surface area contributed by atoms with Gasteiger partial charge in [0.2, 0.25) is 0 Å². The molecular weight excluding hydrogens is 432 g/mol. The van der Waals surface area contributed by atoms with Crippen LogP contribution in [-0.2, 0) is 12.4 Å². The molecule has 0 atom stereocenters. The van der Waals surface area contributed by atoms with Crippen molar-refractivity contribution in [3.05, 3.63) is 53.3 Å². The molecule has 12 heteroatoms. The number of hydrogen-bond donors (Lipinski definition) is 1. The van der Waals surface area contributed by atoms with Crippen molar-refractivity contribution in [2.45, 2.75) is 12.4 Å². The van der Waals surface area contributed by atoms with Gasteiger partial charge in [-0.3, -0.25) is 9.78 Å². The zero-order valence-electron chi connectivity index (χ0n) is 15.7. The molecule has 1 aliphatic heterocycles. The van der Waals surface area contributed by atoms with Crippen molar-refractivity contribution in [1.29, 1.82) is 0 Å². The SMILES string of the molecule is O=C(O)N1CCN(C(=O)c2cncc(-c3cc(C(F)(F)F)cc(C(F)(F)F)c3)c2)CC1. The van der Waals surface area contributed by atoms with Crippen LogP contribution >= 0.6 is 0 Å². The maximum Gasteiger partial charge on any atom is 0.416 e. The topological polar surface area (TPSA) is 73.7 Å². The van der Waals surface area contributed by atoms with Crippen LogP contribution in [0.25, 0.3) is 11.1 Å². The number of carbonyl (C=O) groups excluding carboxylic acids is 1. The van der Waals surface area contributed by atoms with Gasteiger partial charge in [0.15, 0.2) is 0 Å². The van der Waals surface area contributed by atoms with Gasteiger partial charge >= 0.3 is 18.4 Å². The summed E-state index contributed by atoms with van der Waals surface area (Å²) in [4.78, 5) is 29.9. The standard InChI is InChI=1S/C19H15F6N3O3/c20-18(21,22)14-6-11(7-15(8-14)19(23,24)25)12-5-13(10-26-9-12)16(29)27-1-3-28(4-2-27)17(30)31/h5-10H,1-4H2,(H,30,31). The number of pyridine rings is 1. The van der Waals surface area contributed by atoms with Crippen LogP contribution in [0.15, 0.2) is 36.7 Å². The first-order chi connectivity index (χ1) is 14.4. The van der Waals surface area contributed by atoms with Gasteiger partial charge in [0.05, 0.1) is 16.7 Å². The molecule has 2 heterocycles. The van der Waals surface area contributed by atoms with Crippen LogP contribution in [0.5, 0.6) is 0 Å². The number of benzene rings is 1. The minimum absolute atomic E-state index is 0.0217. The average molecular weight is 447 g/mol. The lowest BCUT2D eigenvalue weighted by Crippen LogP contribution is -2.50. The van der Waals surface area contributed by atoms with Crippen molar-refractivity contribution in [3.8, 4) is 11.1 Å². The Labute approximate surface area is 171 Å². The van der Waals surface area contributed by atoms with Crippen molar-refractivity contribution in [2.75, 3.05) is 26.2 Å². The summed E-state index contributed by atoms with van der Waals surface area (Å²) in [5.41, 5.74) is -3.46. The summed E-state index contributed by atoms with van der Waals surface area (Å²) in [6, 6.07) is 2.31. The third-order valence-electron chi connectivity index (χ3n) is 4.74. The molecule has 1 N–H and O–H groups in total. The number of piperazine rings is 1. The number of hydrogen-bond acceptors (Lipinski definition) is 3. The van der Waals surface area contributed by atoms with E-state index in [1.54, 1.807) is 0 Å². The van der Waals surface area contributed by atoms with Crippen molar-refractivity contribution in [2.24, 2.45) is 0 Å². The minimum Gasteiger partial charge on any atom is -0.465 e. The minimum atomic E-state index is -5.00. The number of amides is 2. The largest absolute Gasteiger partial charge is 0.465 e. The van der Waals surface area contributed by atoms with Crippen LogP contribution in [-0.4, -0.2) is 58.1 Å². The van der Waals surface area contributed by atoms with Crippen LogP contribution in [0, 0.1) is 0 Å². The quantitative estimate of drug-likeness (QED) is 0.700. The van der Waals surface area contributed by atoms with Crippen LogP contribution in [0.2, 0.25) is 0 Å². The van der Waals surface area contributed by atoms with Crippen molar-refractivity contribution >= 4 is 12.0 Å². The Morgan fingerprint density at radius 3 is 1.77 bits per heavy atom. The summed E-state index contributed by atoms with van der Waals surface area (Å²) in [5, 5.41) is 8.95. The van der Waals surface area contributed by atoms with Gasteiger partial charge in [-0.25, -0.2) is 4.79 Å². The molecule has 0 unspecified atom stereocenters. The fraction of sp³-hybridized carbons (Fsp3) is 0.316. The first-order valence-electron chi connectivity index (χ1n) is 8.88.